The second-order valence-electron chi connectivity index (χ2n) is 6.40. The van der Waals surface area contributed by atoms with E-state index >= 15 is 0 Å². The number of nitrogens with zero attached hydrogens (tertiary/aromatic N) is 2. The minimum absolute atomic E-state index is 0.0599. The van der Waals surface area contributed by atoms with Gasteiger partial charge in [-0.3, -0.25) is 15.0 Å². The maximum absolute atomic E-state index is 12.0. The number of piperazine rings is 1. The molecule has 2 rings (SSSR count). The molecule has 1 amide bonds. The zero-order valence-corrected chi connectivity index (χ0v) is 12.7. The van der Waals surface area contributed by atoms with Gasteiger partial charge in [-0.2, -0.15) is 0 Å². The molecule has 2 heterocycles. The molecule has 1 atom stereocenters. The Labute approximate surface area is 119 Å². The molecule has 0 radical (unpaired) electrons. The number of hydrogen-bond donors (Lipinski definition) is 2. The highest BCUT2D eigenvalue weighted by atomic mass is 16.5. The van der Waals surface area contributed by atoms with Crippen molar-refractivity contribution in [2.45, 2.75) is 39.2 Å². The van der Waals surface area contributed by atoms with Gasteiger partial charge >= 0.3 is 0 Å². The van der Waals surface area contributed by atoms with Crippen LogP contribution in [-0.2, 0) is 10.2 Å². The minimum Gasteiger partial charge on any atom is -0.338 e. The molecule has 0 aliphatic carbocycles. The molecule has 1 saturated heterocycles. The highest BCUT2D eigenvalue weighted by molar-refractivity contribution is 5.91. The summed E-state index contributed by atoms with van der Waals surface area (Å²) in [5.41, 5.74) is 0.753. The van der Waals surface area contributed by atoms with Crippen molar-refractivity contribution in [1.29, 1.82) is 0 Å². The van der Waals surface area contributed by atoms with Crippen LogP contribution in [0.1, 0.15) is 33.4 Å². The van der Waals surface area contributed by atoms with E-state index in [1.54, 1.807) is 6.07 Å². The van der Waals surface area contributed by atoms with Crippen molar-refractivity contribution in [3.63, 3.8) is 0 Å². The average Bonchev–Trinajstić information content (AvgIpc) is 2.80. The summed E-state index contributed by atoms with van der Waals surface area (Å²) in [5, 5.41) is 10.1. The Morgan fingerprint density at radius 1 is 1.60 bits per heavy atom. The lowest BCUT2D eigenvalue weighted by molar-refractivity contribution is -0.118. The number of rotatable bonds is 3. The molecule has 20 heavy (non-hydrogen) atoms. The third-order valence-electron chi connectivity index (χ3n) is 3.53. The van der Waals surface area contributed by atoms with E-state index in [1.165, 1.54) is 0 Å². The molecule has 0 saturated carbocycles. The molecule has 6 nitrogen and oxygen atoms in total. The Morgan fingerprint density at radius 2 is 2.35 bits per heavy atom. The van der Waals surface area contributed by atoms with Gasteiger partial charge in [-0.15, -0.1) is 0 Å². The SMILES string of the molecule is C[C@@H]1CNCCN1CC(=O)Nc1cc(C(C)(C)C)no1. The van der Waals surface area contributed by atoms with Crippen LogP contribution >= 0.6 is 0 Å². The van der Waals surface area contributed by atoms with E-state index in [9.17, 15) is 4.79 Å². The van der Waals surface area contributed by atoms with E-state index in [2.05, 4.69) is 48.4 Å². The third-order valence-corrected chi connectivity index (χ3v) is 3.53. The number of carbonyl (C=O) groups excluding carboxylic acids is 1. The van der Waals surface area contributed by atoms with Gasteiger partial charge in [-0.05, 0) is 6.92 Å². The normalized spacial score (nSPS) is 20.9. The van der Waals surface area contributed by atoms with Gasteiger partial charge < -0.3 is 9.84 Å². The molecular formula is C14H24N4O2. The van der Waals surface area contributed by atoms with E-state index in [4.69, 9.17) is 4.52 Å². The fourth-order valence-corrected chi connectivity index (χ4v) is 2.17. The van der Waals surface area contributed by atoms with E-state index in [1.807, 2.05) is 0 Å². The van der Waals surface area contributed by atoms with Gasteiger partial charge in [0.15, 0.2) is 0 Å². The Kier molecular flexibility index (Phi) is 4.45. The second-order valence-corrected chi connectivity index (χ2v) is 6.40. The lowest BCUT2D eigenvalue weighted by atomic mass is 9.92. The number of nitrogens with one attached hydrogen (secondary N) is 2. The molecule has 1 fully saturated rings. The fraction of sp³-hybridized carbons (Fsp3) is 0.714. The zero-order valence-electron chi connectivity index (χ0n) is 12.7. The summed E-state index contributed by atoms with van der Waals surface area (Å²) in [4.78, 5) is 14.2. The third kappa shape index (κ3) is 3.80. The van der Waals surface area contributed by atoms with Gasteiger partial charge in [0, 0.05) is 37.2 Å². The summed E-state index contributed by atoms with van der Waals surface area (Å²) in [6, 6.07) is 2.16. The van der Waals surface area contributed by atoms with Gasteiger partial charge in [-0.25, -0.2) is 0 Å². The number of anilines is 1. The van der Waals surface area contributed by atoms with Crippen molar-refractivity contribution in [3.8, 4) is 0 Å². The summed E-state index contributed by atoms with van der Waals surface area (Å²) in [7, 11) is 0. The summed E-state index contributed by atoms with van der Waals surface area (Å²) in [6.07, 6.45) is 0. The molecule has 0 aromatic carbocycles. The molecule has 112 valence electrons. The Balaban J connectivity index is 1.89. The summed E-state index contributed by atoms with van der Waals surface area (Å²) >= 11 is 0. The standard InChI is InChI=1S/C14H24N4O2/c1-10-8-15-5-6-18(10)9-12(19)16-13-7-11(17-20-13)14(2,3)4/h7,10,15H,5-6,8-9H2,1-4H3,(H,16,19)/t10-/m1/s1. The first-order chi connectivity index (χ1) is 9.36. The molecule has 0 unspecified atom stereocenters. The summed E-state index contributed by atoms with van der Waals surface area (Å²) in [6.45, 7) is 11.4. The predicted molar refractivity (Wildman–Crippen MR) is 77.7 cm³/mol. The number of aromatic nitrogens is 1. The molecule has 1 aliphatic rings. The van der Waals surface area contributed by atoms with Crippen LogP contribution in [-0.4, -0.2) is 48.2 Å². The van der Waals surface area contributed by atoms with Crippen molar-refractivity contribution in [2.24, 2.45) is 0 Å². The Morgan fingerprint density at radius 3 is 2.95 bits per heavy atom. The zero-order chi connectivity index (χ0) is 14.8. The van der Waals surface area contributed by atoms with Crippen LogP contribution in [0.3, 0.4) is 0 Å². The fourth-order valence-electron chi connectivity index (χ4n) is 2.17. The van der Waals surface area contributed by atoms with E-state index in [0.717, 1.165) is 25.3 Å². The first-order valence-corrected chi connectivity index (χ1v) is 7.08. The number of hydrogen-bond acceptors (Lipinski definition) is 5. The van der Waals surface area contributed by atoms with Gasteiger partial charge in [0.05, 0.1) is 12.2 Å². The largest absolute Gasteiger partial charge is 0.338 e. The van der Waals surface area contributed by atoms with Crippen LogP contribution in [0.2, 0.25) is 0 Å². The Bertz CT molecular complexity index is 464. The molecule has 1 aromatic rings. The highest BCUT2D eigenvalue weighted by Crippen LogP contribution is 2.23. The van der Waals surface area contributed by atoms with Gasteiger partial charge in [0.2, 0.25) is 11.8 Å². The van der Waals surface area contributed by atoms with Crippen molar-refractivity contribution in [2.75, 3.05) is 31.5 Å². The van der Waals surface area contributed by atoms with E-state index in [0.29, 0.717) is 18.5 Å². The van der Waals surface area contributed by atoms with Gasteiger partial charge in [0.1, 0.15) is 0 Å². The molecule has 0 bridgehead atoms. The predicted octanol–water partition coefficient (Wildman–Crippen LogP) is 1.20. The van der Waals surface area contributed by atoms with Gasteiger partial charge in [0.25, 0.3) is 0 Å². The quantitative estimate of drug-likeness (QED) is 0.870. The molecule has 2 N–H and O–H groups in total. The van der Waals surface area contributed by atoms with Crippen molar-refractivity contribution in [3.05, 3.63) is 11.8 Å². The number of carbonyl (C=O) groups is 1. The first-order valence-electron chi connectivity index (χ1n) is 7.08. The summed E-state index contributed by atoms with van der Waals surface area (Å²) in [5.74, 6) is 0.359. The smallest absolute Gasteiger partial charge is 0.240 e. The van der Waals surface area contributed by atoms with Crippen LogP contribution in [0.4, 0.5) is 5.88 Å². The van der Waals surface area contributed by atoms with Crippen molar-refractivity contribution >= 4 is 11.8 Å². The number of amides is 1. The topological polar surface area (TPSA) is 70.4 Å². The highest BCUT2D eigenvalue weighted by Gasteiger charge is 2.22. The Hall–Kier alpha value is -1.40. The maximum atomic E-state index is 12.0. The van der Waals surface area contributed by atoms with Gasteiger partial charge in [-0.1, -0.05) is 25.9 Å². The van der Waals surface area contributed by atoms with Crippen LogP contribution in [0.5, 0.6) is 0 Å². The van der Waals surface area contributed by atoms with Crippen molar-refractivity contribution < 1.29 is 9.32 Å². The molecule has 1 aromatic heterocycles. The van der Waals surface area contributed by atoms with E-state index < -0.39 is 0 Å². The van der Waals surface area contributed by atoms with Crippen LogP contribution < -0.4 is 10.6 Å². The minimum atomic E-state index is -0.0838. The monoisotopic (exact) mass is 280 g/mol. The van der Waals surface area contributed by atoms with Crippen LogP contribution in [0.25, 0.3) is 0 Å². The van der Waals surface area contributed by atoms with Crippen molar-refractivity contribution in [1.82, 2.24) is 15.4 Å². The summed E-state index contributed by atoms with van der Waals surface area (Å²) < 4.78 is 5.17. The molecule has 6 heteroatoms. The molecular weight excluding hydrogens is 256 g/mol. The lowest BCUT2D eigenvalue weighted by Gasteiger charge is -2.33. The van der Waals surface area contributed by atoms with Crippen LogP contribution in [0.15, 0.2) is 10.6 Å². The lowest BCUT2D eigenvalue weighted by Crippen LogP contribution is -2.51. The second kappa shape index (κ2) is 5.93. The molecule has 1 aliphatic heterocycles. The molecule has 0 spiro atoms. The van der Waals surface area contributed by atoms with E-state index in [-0.39, 0.29) is 11.3 Å². The van der Waals surface area contributed by atoms with Crippen LogP contribution in [0, 0.1) is 0 Å². The average molecular weight is 280 g/mol. The first kappa shape index (κ1) is 15.0. The maximum Gasteiger partial charge on any atom is 0.240 e.